The molecule has 0 bridgehead atoms. The van der Waals surface area contributed by atoms with Crippen LogP contribution in [0.4, 0.5) is 0 Å². The van der Waals surface area contributed by atoms with Gasteiger partial charge in [-0.25, -0.2) is 0 Å². The monoisotopic (exact) mass is 418 g/mol. The molecule has 0 spiro atoms. The number of benzene rings is 1. The first kappa shape index (κ1) is 21.4. The number of amides is 1. The van der Waals surface area contributed by atoms with Crippen LogP contribution < -0.4 is 10.3 Å². The Bertz CT molecular complexity index is 919. The molecule has 2 heterocycles. The van der Waals surface area contributed by atoms with Crippen molar-refractivity contribution < 1.29 is 14.6 Å². The van der Waals surface area contributed by atoms with E-state index in [-0.39, 0.29) is 31.0 Å². The molecule has 1 aromatic carbocycles. The van der Waals surface area contributed by atoms with Gasteiger partial charge in [0.15, 0.2) is 0 Å². The van der Waals surface area contributed by atoms with Crippen LogP contribution in [0.1, 0.15) is 30.4 Å². The predicted molar refractivity (Wildman–Crippen MR) is 113 cm³/mol. The van der Waals surface area contributed by atoms with Gasteiger partial charge in [-0.1, -0.05) is 17.7 Å². The van der Waals surface area contributed by atoms with Crippen molar-refractivity contribution in [2.24, 2.45) is 0 Å². The number of carbonyl (C=O) groups is 1. The highest BCUT2D eigenvalue weighted by atomic mass is 35.5. The Hall–Kier alpha value is -2.31. The number of likely N-dealkylation sites (tertiary alicyclic amines) is 1. The van der Waals surface area contributed by atoms with Crippen molar-refractivity contribution in [3.63, 3.8) is 0 Å². The molecule has 0 saturated carbocycles. The second kappa shape index (κ2) is 9.01. The zero-order valence-corrected chi connectivity index (χ0v) is 17.6. The number of nitrogens with zero attached hydrogens (tertiary/aromatic N) is 2. The lowest BCUT2D eigenvalue weighted by Gasteiger charge is -2.39. The number of carbonyl (C=O) groups excluding carboxylic acids is 1. The van der Waals surface area contributed by atoms with Crippen LogP contribution in [0.25, 0.3) is 0 Å². The maximum absolute atomic E-state index is 12.6. The molecule has 1 aliphatic heterocycles. The number of aliphatic hydroxyl groups is 1. The Balaban J connectivity index is 1.58. The molecule has 1 atom stereocenters. The van der Waals surface area contributed by atoms with Crippen LogP contribution in [0.5, 0.6) is 5.75 Å². The summed E-state index contributed by atoms with van der Waals surface area (Å²) in [6.45, 7) is 5.08. The lowest BCUT2D eigenvalue weighted by atomic mass is 9.93. The van der Waals surface area contributed by atoms with Crippen LogP contribution in [0.3, 0.4) is 0 Å². The van der Waals surface area contributed by atoms with Crippen LogP contribution in [0, 0.1) is 13.8 Å². The van der Waals surface area contributed by atoms with Crippen molar-refractivity contribution in [2.75, 3.05) is 19.7 Å². The number of piperidine rings is 1. The summed E-state index contributed by atoms with van der Waals surface area (Å²) in [7, 11) is 0. The van der Waals surface area contributed by atoms with Gasteiger partial charge >= 0.3 is 0 Å². The number of hydrogen-bond donors (Lipinski definition) is 1. The fourth-order valence-electron chi connectivity index (χ4n) is 3.67. The average molecular weight is 419 g/mol. The molecule has 0 radical (unpaired) electrons. The zero-order chi connectivity index (χ0) is 21.0. The maximum atomic E-state index is 12.6. The lowest BCUT2D eigenvalue weighted by Crippen LogP contribution is -2.53. The van der Waals surface area contributed by atoms with Crippen LogP contribution >= 0.6 is 11.6 Å². The van der Waals surface area contributed by atoms with Gasteiger partial charge < -0.3 is 19.3 Å². The molecular weight excluding hydrogens is 392 g/mol. The second-order valence-corrected chi connectivity index (χ2v) is 8.16. The molecule has 7 heteroatoms. The smallest absolute Gasteiger partial charge is 0.250 e. The van der Waals surface area contributed by atoms with Gasteiger partial charge in [0.2, 0.25) is 5.91 Å². The van der Waals surface area contributed by atoms with Gasteiger partial charge in [-0.3, -0.25) is 9.59 Å². The van der Waals surface area contributed by atoms with Gasteiger partial charge in [0.05, 0.1) is 6.54 Å². The number of rotatable bonds is 6. The van der Waals surface area contributed by atoms with Crippen LogP contribution in [-0.2, 0) is 11.3 Å². The fraction of sp³-hybridized carbons (Fsp3) is 0.455. The number of β-amino-alcohol motifs (C(OH)–C–C–N with tert-alkyl or cyclic N) is 1. The molecule has 0 aliphatic carbocycles. The second-order valence-electron chi connectivity index (χ2n) is 7.79. The van der Waals surface area contributed by atoms with E-state index in [1.807, 2.05) is 26.0 Å². The standard InChI is InChI=1S/C22H27ClN2O4/c1-16-12-18(13-17(2)21(16)23)29-15-22(28)8-5-10-25(14-22)20(27)7-11-24-9-4-3-6-19(24)26/h3-4,6,9,12-13,28H,5,7-8,10-11,14-15H2,1-2H3. The number of pyridine rings is 1. The van der Waals surface area contributed by atoms with Gasteiger partial charge in [0, 0.05) is 36.8 Å². The molecule has 29 heavy (non-hydrogen) atoms. The van der Waals surface area contributed by atoms with Gasteiger partial charge in [-0.15, -0.1) is 0 Å². The summed E-state index contributed by atoms with van der Waals surface area (Å²) >= 11 is 6.19. The number of ether oxygens (including phenoxy) is 1. The first-order valence-electron chi connectivity index (χ1n) is 9.83. The van der Waals surface area contributed by atoms with Crippen molar-refractivity contribution in [2.45, 2.75) is 45.3 Å². The molecule has 1 aromatic heterocycles. The Labute approximate surface area is 175 Å². The molecule has 1 aliphatic rings. The Kier molecular flexibility index (Phi) is 6.65. The van der Waals surface area contributed by atoms with Crippen molar-refractivity contribution in [1.82, 2.24) is 9.47 Å². The van der Waals surface area contributed by atoms with E-state index in [0.29, 0.717) is 36.7 Å². The van der Waals surface area contributed by atoms with E-state index in [1.54, 1.807) is 23.2 Å². The molecular formula is C22H27ClN2O4. The number of aryl methyl sites for hydroxylation is 3. The predicted octanol–water partition coefficient (Wildman–Crippen LogP) is 2.94. The van der Waals surface area contributed by atoms with Gasteiger partial charge in [0.25, 0.3) is 5.56 Å². The first-order valence-corrected chi connectivity index (χ1v) is 10.2. The SMILES string of the molecule is Cc1cc(OCC2(O)CCCN(C(=O)CCn3ccccc3=O)C2)cc(C)c1Cl. The minimum absolute atomic E-state index is 0.0722. The van der Waals surface area contributed by atoms with E-state index in [4.69, 9.17) is 16.3 Å². The highest BCUT2D eigenvalue weighted by Gasteiger charge is 2.36. The molecule has 156 valence electrons. The number of halogens is 1. The largest absolute Gasteiger partial charge is 0.491 e. The third-order valence-corrected chi connectivity index (χ3v) is 5.89. The van der Waals surface area contributed by atoms with Crippen molar-refractivity contribution >= 4 is 17.5 Å². The molecule has 1 N–H and O–H groups in total. The van der Waals surface area contributed by atoms with E-state index in [9.17, 15) is 14.7 Å². The highest BCUT2D eigenvalue weighted by molar-refractivity contribution is 6.32. The highest BCUT2D eigenvalue weighted by Crippen LogP contribution is 2.28. The molecule has 1 amide bonds. The molecule has 1 unspecified atom stereocenters. The van der Waals surface area contributed by atoms with Crippen molar-refractivity contribution in [1.29, 1.82) is 0 Å². The molecule has 2 aromatic rings. The minimum atomic E-state index is -1.10. The molecule has 1 saturated heterocycles. The van der Waals surface area contributed by atoms with Gasteiger partial charge in [0.1, 0.15) is 18.0 Å². The Morgan fingerprint density at radius 3 is 2.69 bits per heavy atom. The van der Waals surface area contributed by atoms with Gasteiger partial charge in [-0.2, -0.15) is 0 Å². The van der Waals surface area contributed by atoms with Crippen LogP contribution in [-0.4, -0.2) is 45.8 Å². The average Bonchev–Trinajstić information content (AvgIpc) is 2.69. The van der Waals surface area contributed by atoms with Gasteiger partial charge in [-0.05, 0) is 56.0 Å². The van der Waals surface area contributed by atoms with E-state index in [1.165, 1.54) is 10.6 Å². The Morgan fingerprint density at radius 1 is 1.28 bits per heavy atom. The van der Waals surface area contributed by atoms with Crippen molar-refractivity contribution in [3.05, 3.63) is 63.0 Å². The Morgan fingerprint density at radius 2 is 2.00 bits per heavy atom. The summed E-state index contributed by atoms with van der Waals surface area (Å²) in [4.78, 5) is 26.1. The quantitative estimate of drug-likeness (QED) is 0.782. The summed E-state index contributed by atoms with van der Waals surface area (Å²) in [5, 5.41) is 11.7. The normalized spacial score (nSPS) is 19.2. The topological polar surface area (TPSA) is 71.8 Å². The minimum Gasteiger partial charge on any atom is -0.491 e. The summed E-state index contributed by atoms with van der Waals surface area (Å²) in [5.74, 6) is 0.585. The summed E-state index contributed by atoms with van der Waals surface area (Å²) in [6, 6.07) is 8.61. The maximum Gasteiger partial charge on any atom is 0.250 e. The summed E-state index contributed by atoms with van der Waals surface area (Å²) in [5.41, 5.74) is 0.617. The van der Waals surface area contributed by atoms with Crippen molar-refractivity contribution in [3.8, 4) is 5.75 Å². The first-order chi connectivity index (χ1) is 13.8. The fourth-order valence-corrected chi connectivity index (χ4v) is 3.78. The lowest BCUT2D eigenvalue weighted by molar-refractivity contribution is -0.140. The van der Waals surface area contributed by atoms with E-state index in [2.05, 4.69) is 0 Å². The third-order valence-electron chi connectivity index (χ3n) is 5.29. The molecule has 3 rings (SSSR count). The number of hydrogen-bond acceptors (Lipinski definition) is 4. The van der Waals surface area contributed by atoms with E-state index in [0.717, 1.165) is 11.1 Å². The van der Waals surface area contributed by atoms with E-state index < -0.39 is 5.60 Å². The molecule has 6 nitrogen and oxygen atoms in total. The summed E-state index contributed by atoms with van der Waals surface area (Å²) < 4.78 is 7.36. The summed E-state index contributed by atoms with van der Waals surface area (Å²) in [6.07, 6.45) is 3.17. The van der Waals surface area contributed by atoms with Crippen LogP contribution in [0.15, 0.2) is 41.3 Å². The zero-order valence-electron chi connectivity index (χ0n) is 16.9. The number of aromatic nitrogens is 1. The van der Waals surface area contributed by atoms with Crippen LogP contribution in [0.2, 0.25) is 5.02 Å². The molecule has 1 fully saturated rings. The third kappa shape index (κ3) is 5.40. The van der Waals surface area contributed by atoms with E-state index >= 15 is 0 Å².